The first-order valence-corrected chi connectivity index (χ1v) is 8.88. The third-order valence-corrected chi connectivity index (χ3v) is 5.11. The summed E-state index contributed by atoms with van der Waals surface area (Å²) in [6, 6.07) is 0. The number of carbonyl (C=O) groups is 4. The first-order chi connectivity index (χ1) is 11.9. The van der Waals surface area contributed by atoms with Crippen LogP contribution in [-0.2, 0) is 19.2 Å². The van der Waals surface area contributed by atoms with E-state index in [0.29, 0.717) is 39.1 Å². The van der Waals surface area contributed by atoms with Gasteiger partial charge in [-0.1, -0.05) is 0 Å². The molecule has 2 atom stereocenters. The number of likely N-dealkylation sites (tertiary alicyclic amines) is 2. The fraction of sp³-hybridized carbons (Fsp3) is 0.765. The van der Waals surface area contributed by atoms with E-state index >= 15 is 0 Å². The van der Waals surface area contributed by atoms with Gasteiger partial charge in [-0.15, -0.1) is 0 Å². The van der Waals surface area contributed by atoms with E-state index in [0.717, 1.165) is 12.8 Å². The highest BCUT2D eigenvalue weighted by Crippen LogP contribution is 2.32. The SMILES string of the molecule is CC(=O)NCCN1CC[C@H]2CN(C(=O)CCC(=O)O)CC[C@H]2CC1=O. The van der Waals surface area contributed by atoms with Crippen LogP contribution in [0.1, 0.15) is 39.0 Å². The van der Waals surface area contributed by atoms with Crippen LogP contribution in [0.15, 0.2) is 0 Å². The third-order valence-electron chi connectivity index (χ3n) is 5.11. The second kappa shape index (κ2) is 8.82. The minimum Gasteiger partial charge on any atom is -0.481 e. The molecule has 0 aromatic carbocycles. The summed E-state index contributed by atoms with van der Waals surface area (Å²) in [6.45, 7) is 4.26. The minimum atomic E-state index is -0.960. The topological polar surface area (TPSA) is 107 Å². The smallest absolute Gasteiger partial charge is 0.303 e. The average Bonchev–Trinajstić information content (AvgIpc) is 2.70. The lowest BCUT2D eigenvalue weighted by Crippen LogP contribution is -2.44. The van der Waals surface area contributed by atoms with E-state index in [1.54, 1.807) is 9.80 Å². The van der Waals surface area contributed by atoms with E-state index < -0.39 is 5.97 Å². The van der Waals surface area contributed by atoms with Gasteiger partial charge in [-0.3, -0.25) is 19.2 Å². The van der Waals surface area contributed by atoms with Gasteiger partial charge in [-0.25, -0.2) is 0 Å². The van der Waals surface area contributed by atoms with Crippen LogP contribution in [0.25, 0.3) is 0 Å². The van der Waals surface area contributed by atoms with Crippen LogP contribution >= 0.6 is 0 Å². The van der Waals surface area contributed by atoms with Crippen molar-refractivity contribution in [3.05, 3.63) is 0 Å². The molecule has 0 aliphatic carbocycles. The van der Waals surface area contributed by atoms with Crippen molar-refractivity contribution in [2.45, 2.75) is 39.0 Å². The predicted octanol–water partition coefficient (Wildman–Crippen LogP) is 0.0744. The van der Waals surface area contributed by atoms with Crippen molar-refractivity contribution in [3.63, 3.8) is 0 Å². The number of hydrogen-bond acceptors (Lipinski definition) is 4. The Bertz CT molecular complexity index is 536. The number of aliphatic carboxylic acids is 1. The summed E-state index contributed by atoms with van der Waals surface area (Å²) < 4.78 is 0. The fourth-order valence-corrected chi connectivity index (χ4v) is 3.68. The van der Waals surface area contributed by atoms with Crippen LogP contribution in [0.3, 0.4) is 0 Å². The van der Waals surface area contributed by atoms with Gasteiger partial charge < -0.3 is 20.2 Å². The summed E-state index contributed by atoms with van der Waals surface area (Å²) in [7, 11) is 0. The van der Waals surface area contributed by atoms with E-state index in [9.17, 15) is 19.2 Å². The molecule has 2 rings (SSSR count). The fourth-order valence-electron chi connectivity index (χ4n) is 3.68. The Kier molecular flexibility index (Phi) is 6.78. The molecule has 0 saturated carbocycles. The number of rotatable bonds is 6. The molecule has 2 heterocycles. The molecule has 2 N–H and O–H groups in total. The molecule has 0 bridgehead atoms. The Morgan fingerprint density at radius 2 is 1.88 bits per heavy atom. The zero-order chi connectivity index (χ0) is 18.4. The molecule has 25 heavy (non-hydrogen) atoms. The van der Waals surface area contributed by atoms with E-state index in [2.05, 4.69) is 5.32 Å². The summed E-state index contributed by atoms with van der Waals surface area (Å²) in [5.74, 6) is -0.508. The summed E-state index contributed by atoms with van der Waals surface area (Å²) in [6.07, 6.45) is 2.00. The van der Waals surface area contributed by atoms with Crippen molar-refractivity contribution in [2.75, 3.05) is 32.7 Å². The molecule has 2 aliphatic rings. The maximum atomic E-state index is 12.4. The van der Waals surface area contributed by atoms with Gasteiger partial charge in [0.05, 0.1) is 6.42 Å². The van der Waals surface area contributed by atoms with E-state index in [4.69, 9.17) is 5.11 Å². The van der Waals surface area contributed by atoms with Crippen LogP contribution in [0.2, 0.25) is 0 Å². The molecule has 3 amide bonds. The number of piperidine rings is 1. The second-order valence-corrected chi connectivity index (χ2v) is 6.90. The van der Waals surface area contributed by atoms with Gasteiger partial charge in [0, 0.05) is 52.5 Å². The molecule has 0 aromatic rings. The molecular formula is C17H27N3O5. The largest absolute Gasteiger partial charge is 0.481 e. The number of hydrogen-bond donors (Lipinski definition) is 2. The zero-order valence-corrected chi connectivity index (χ0v) is 14.7. The van der Waals surface area contributed by atoms with E-state index in [1.165, 1.54) is 6.92 Å². The Morgan fingerprint density at radius 1 is 1.16 bits per heavy atom. The number of amides is 3. The highest BCUT2D eigenvalue weighted by Gasteiger charge is 2.36. The lowest BCUT2D eigenvalue weighted by molar-refractivity contribution is -0.142. The van der Waals surface area contributed by atoms with Crippen LogP contribution < -0.4 is 5.32 Å². The quantitative estimate of drug-likeness (QED) is 0.703. The van der Waals surface area contributed by atoms with E-state index in [1.807, 2.05) is 0 Å². The predicted molar refractivity (Wildman–Crippen MR) is 89.5 cm³/mol. The molecular weight excluding hydrogens is 326 g/mol. The standard InChI is InChI=1S/C17H27N3O5/c1-12(21)18-6-9-19-7-5-14-11-20(15(22)2-3-17(24)25)8-4-13(14)10-16(19)23/h13-14H,2-11H2,1H3,(H,18,21)(H,24,25)/t13-,14-/m0/s1. The van der Waals surface area contributed by atoms with Crippen LogP contribution in [-0.4, -0.2) is 71.3 Å². The molecule has 0 radical (unpaired) electrons. The van der Waals surface area contributed by atoms with Gasteiger partial charge in [-0.2, -0.15) is 0 Å². The highest BCUT2D eigenvalue weighted by molar-refractivity contribution is 5.81. The van der Waals surface area contributed by atoms with Gasteiger partial charge in [0.2, 0.25) is 17.7 Å². The van der Waals surface area contributed by atoms with Crippen molar-refractivity contribution >= 4 is 23.7 Å². The van der Waals surface area contributed by atoms with Crippen LogP contribution in [0, 0.1) is 11.8 Å². The number of fused-ring (bicyclic) bond motifs is 1. The van der Waals surface area contributed by atoms with Crippen LogP contribution in [0.5, 0.6) is 0 Å². The first kappa shape index (κ1) is 19.2. The third kappa shape index (κ3) is 5.72. The Balaban J connectivity index is 1.86. The van der Waals surface area contributed by atoms with Crippen molar-refractivity contribution < 1.29 is 24.3 Å². The van der Waals surface area contributed by atoms with Crippen molar-refractivity contribution in [2.24, 2.45) is 11.8 Å². The van der Waals surface area contributed by atoms with Gasteiger partial charge in [0.1, 0.15) is 0 Å². The van der Waals surface area contributed by atoms with Gasteiger partial charge in [-0.05, 0) is 24.7 Å². The summed E-state index contributed by atoms with van der Waals surface area (Å²) >= 11 is 0. The number of nitrogens with zero attached hydrogens (tertiary/aromatic N) is 2. The molecule has 8 heteroatoms. The minimum absolute atomic E-state index is 0.0362. The Morgan fingerprint density at radius 3 is 2.56 bits per heavy atom. The van der Waals surface area contributed by atoms with Gasteiger partial charge in [0.25, 0.3) is 0 Å². The molecule has 2 fully saturated rings. The lowest BCUT2D eigenvalue weighted by Gasteiger charge is -2.37. The van der Waals surface area contributed by atoms with Gasteiger partial charge >= 0.3 is 5.97 Å². The highest BCUT2D eigenvalue weighted by atomic mass is 16.4. The number of carboxylic acid groups (broad SMARTS) is 1. The average molecular weight is 353 g/mol. The molecule has 0 unspecified atom stereocenters. The van der Waals surface area contributed by atoms with Crippen molar-refractivity contribution in [1.82, 2.24) is 15.1 Å². The number of nitrogens with one attached hydrogen (secondary N) is 1. The molecule has 0 spiro atoms. The van der Waals surface area contributed by atoms with E-state index in [-0.39, 0.29) is 42.4 Å². The van der Waals surface area contributed by atoms with Gasteiger partial charge in [0.15, 0.2) is 0 Å². The lowest BCUT2D eigenvalue weighted by atomic mass is 9.82. The first-order valence-electron chi connectivity index (χ1n) is 8.88. The maximum absolute atomic E-state index is 12.4. The van der Waals surface area contributed by atoms with Crippen LogP contribution in [0.4, 0.5) is 0 Å². The zero-order valence-electron chi connectivity index (χ0n) is 14.7. The molecule has 0 aromatic heterocycles. The number of carbonyl (C=O) groups excluding carboxylic acids is 3. The summed E-state index contributed by atoms with van der Waals surface area (Å²) in [5.41, 5.74) is 0. The molecule has 8 nitrogen and oxygen atoms in total. The second-order valence-electron chi connectivity index (χ2n) is 6.90. The summed E-state index contributed by atoms with van der Waals surface area (Å²) in [4.78, 5) is 49.7. The molecule has 140 valence electrons. The monoisotopic (exact) mass is 353 g/mol. The summed E-state index contributed by atoms with van der Waals surface area (Å²) in [5, 5.41) is 11.4. The number of carboxylic acids is 1. The normalized spacial score (nSPS) is 23.6. The molecule has 2 saturated heterocycles. The Hall–Kier alpha value is -2.12. The Labute approximate surface area is 147 Å². The van der Waals surface area contributed by atoms with Crippen molar-refractivity contribution in [1.29, 1.82) is 0 Å². The molecule has 2 aliphatic heterocycles. The van der Waals surface area contributed by atoms with Crippen molar-refractivity contribution in [3.8, 4) is 0 Å². The maximum Gasteiger partial charge on any atom is 0.303 e.